The number of benzene rings is 1. The van der Waals surface area contributed by atoms with Crippen LogP contribution in [0.15, 0.2) is 30.5 Å². The molecular weight excluding hydrogens is 384 g/mol. The molecule has 0 unspecified atom stereocenters. The highest BCUT2D eigenvalue weighted by atomic mass is 16.2. The second-order valence-corrected chi connectivity index (χ2v) is 7.89. The van der Waals surface area contributed by atoms with Crippen molar-refractivity contribution in [3.63, 3.8) is 0 Å². The van der Waals surface area contributed by atoms with Gasteiger partial charge in [0.05, 0.1) is 5.56 Å². The number of carbonyl (C=O) groups excluding carboxylic acids is 4. The van der Waals surface area contributed by atoms with Crippen molar-refractivity contribution in [1.82, 2.24) is 19.3 Å². The van der Waals surface area contributed by atoms with E-state index in [1.165, 1.54) is 4.90 Å². The molecule has 8 nitrogen and oxygen atoms in total. The molecule has 0 saturated carbocycles. The molecular formula is C22H26N4O4. The molecule has 2 saturated heterocycles. The Hall–Kier alpha value is -3.16. The lowest BCUT2D eigenvalue weighted by atomic mass is 10.1. The Morgan fingerprint density at radius 3 is 2.27 bits per heavy atom. The van der Waals surface area contributed by atoms with E-state index in [1.807, 2.05) is 29.2 Å². The summed E-state index contributed by atoms with van der Waals surface area (Å²) >= 11 is 0. The first-order valence-electron chi connectivity index (χ1n) is 10.5. The highest BCUT2D eigenvalue weighted by Crippen LogP contribution is 2.23. The Labute approximate surface area is 175 Å². The van der Waals surface area contributed by atoms with Crippen LogP contribution >= 0.6 is 0 Å². The van der Waals surface area contributed by atoms with Gasteiger partial charge in [-0.05, 0) is 25.3 Å². The first-order chi connectivity index (χ1) is 14.6. The summed E-state index contributed by atoms with van der Waals surface area (Å²) in [5.41, 5.74) is 1.09. The topological polar surface area (TPSA) is 82.9 Å². The number of hydrogen-bond acceptors (Lipinski definition) is 4. The SMILES string of the molecule is O=CN1CCN(C(=O)C(=O)c2cn(CC(=O)N3CCCCC3)c3ccccc23)CC1. The number of para-hydroxylation sites is 1. The number of carbonyl (C=O) groups is 4. The van der Waals surface area contributed by atoms with Gasteiger partial charge in [0.1, 0.15) is 6.54 Å². The second kappa shape index (κ2) is 8.69. The summed E-state index contributed by atoms with van der Waals surface area (Å²) in [6, 6.07) is 7.35. The Bertz CT molecular complexity index is 969. The minimum absolute atomic E-state index is 0.0331. The van der Waals surface area contributed by atoms with Crippen molar-refractivity contribution < 1.29 is 19.2 Å². The van der Waals surface area contributed by atoms with Crippen LogP contribution in [0.5, 0.6) is 0 Å². The molecule has 0 spiro atoms. The molecule has 0 aliphatic carbocycles. The number of Topliss-reactive ketones (excluding diaryl/α,β-unsaturated/α-hetero) is 1. The number of piperazine rings is 1. The van der Waals surface area contributed by atoms with E-state index in [0.29, 0.717) is 37.1 Å². The first kappa shape index (κ1) is 20.1. The van der Waals surface area contributed by atoms with E-state index in [1.54, 1.807) is 15.7 Å². The number of amides is 3. The van der Waals surface area contributed by atoms with Crippen molar-refractivity contribution in [3.05, 3.63) is 36.0 Å². The van der Waals surface area contributed by atoms with Crippen molar-refractivity contribution in [3.8, 4) is 0 Å². The smallest absolute Gasteiger partial charge is 0.295 e. The minimum Gasteiger partial charge on any atom is -0.342 e. The number of aromatic nitrogens is 1. The van der Waals surface area contributed by atoms with Gasteiger partial charge in [0.25, 0.3) is 11.7 Å². The number of rotatable bonds is 5. The number of piperidine rings is 1. The maximum Gasteiger partial charge on any atom is 0.295 e. The van der Waals surface area contributed by atoms with E-state index in [4.69, 9.17) is 0 Å². The molecule has 158 valence electrons. The van der Waals surface area contributed by atoms with Gasteiger partial charge in [-0.25, -0.2) is 0 Å². The van der Waals surface area contributed by atoms with Gasteiger partial charge in [-0.15, -0.1) is 0 Å². The molecule has 2 fully saturated rings. The lowest BCUT2D eigenvalue weighted by molar-refractivity contribution is -0.132. The van der Waals surface area contributed by atoms with Gasteiger partial charge in [0, 0.05) is 56.4 Å². The third kappa shape index (κ3) is 3.94. The molecule has 30 heavy (non-hydrogen) atoms. The first-order valence-corrected chi connectivity index (χ1v) is 10.5. The molecule has 2 aliphatic heterocycles. The predicted octanol–water partition coefficient (Wildman–Crippen LogP) is 1.14. The summed E-state index contributed by atoms with van der Waals surface area (Å²) in [5.74, 6) is -1.11. The maximum atomic E-state index is 13.0. The van der Waals surface area contributed by atoms with E-state index < -0.39 is 11.7 Å². The number of nitrogens with zero attached hydrogens (tertiary/aromatic N) is 4. The predicted molar refractivity (Wildman–Crippen MR) is 111 cm³/mol. The average Bonchev–Trinajstić information content (AvgIpc) is 3.17. The standard InChI is InChI=1S/C22H26N4O4/c27-16-23-10-12-25(13-11-23)22(30)21(29)18-14-26(19-7-3-2-6-17(18)19)15-20(28)24-8-4-1-5-9-24/h2-3,6-7,14,16H,1,4-5,8-13,15H2. The van der Waals surface area contributed by atoms with Crippen LogP contribution in [0.4, 0.5) is 0 Å². The fourth-order valence-electron chi connectivity index (χ4n) is 4.24. The molecule has 2 aliphatic rings. The Balaban J connectivity index is 1.55. The maximum absolute atomic E-state index is 13.0. The number of fused-ring (bicyclic) bond motifs is 1. The molecule has 0 atom stereocenters. The van der Waals surface area contributed by atoms with Crippen LogP contribution in [-0.2, 0) is 20.9 Å². The fourth-order valence-corrected chi connectivity index (χ4v) is 4.24. The summed E-state index contributed by atoms with van der Waals surface area (Å²) in [6.07, 6.45) is 5.59. The Morgan fingerprint density at radius 2 is 1.57 bits per heavy atom. The monoisotopic (exact) mass is 410 g/mol. The van der Waals surface area contributed by atoms with Crippen LogP contribution in [0, 0.1) is 0 Å². The largest absolute Gasteiger partial charge is 0.342 e. The molecule has 8 heteroatoms. The van der Waals surface area contributed by atoms with Crippen molar-refractivity contribution >= 4 is 34.9 Å². The van der Waals surface area contributed by atoms with Crippen molar-refractivity contribution in [2.24, 2.45) is 0 Å². The highest BCUT2D eigenvalue weighted by molar-refractivity contribution is 6.44. The molecule has 2 aromatic rings. The van der Waals surface area contributed by atoms with Gasteiger partial charge >= 0.3 is 0 Å². The summed E-state index contributed by atoms with van der Waals surface area (Å²) < 4.78 is 1.77. The number of likely N-dealkylation sites (tertiary alicyclic amines) is 1. The van der Waals surface area contributed by atoms with Crippen LogP contribution in [0.2, 0.25) is 0 Å². The Kier molecular flexibility index (Phi) is 5.83. The van der Waals surface area contributed by atoms with Crippen LogP contribution in [0.3, 0.4) is 0 Å². The fraction of sp³-hybridized carbons (Fsp3) is 0.455. The van der Waals surface area contributed by atoms with Crippen molar-refractivity contribution in [1.29, 1.82) is 0 Å². The molecule has 0 N–H and O–H groups in total. The summed E-state index contributed by atoms with van der Waals surface area (Å²) in [4.78, 5) is 54.4. The zero-order valence-corrected chi connectivity index (χ0v) is 17.0. The van der Waals surface area contributed by atoms with Gasteiger partial charge < -0.3 is 19.3 Å². The third-order valence-electron chi connectivity index (χ3n) is 5.99. The highest BCUT2D eigenvalue weighted by Gasteiger charge is 2.29. The summed E-state index contributed by atoms with van der Waals surface area (Å²) in [7, 11) is 0. The van der Waals surface area contributed by atoms with Gasteiger partial charge in [0.2, 0.25) is 12.3 Å². The van der Waals surface area contributed by atoms with E-state index in [-0.39, 0.29) is 12.5 Å². The molecule has 1 aromatic carbocycles. The van der Waals surface area contributed by atoms with Crippen LogP contribution in [0.25, 0.3) is 10.9 Å². The van der Waals surface area contributed by atoms with Crippen LogP contribution in [-0.4, -0.2) is 82.5 Å². The zero-order chi connectivity index (χ0) is 21.1. The molecule has 0 bridgehead atoms. The normalized spacial score (nSPS) is 17.3. The van der Waals surface area contributed by atoms with Gasteiger partial charge in [-0.2, -0.15) is 0 Å². The molecule has 3 amide bonds. The summed E-state index contributed by atoms with van der Waals surface area (Å²) in [5, 5.41) is 0.675. The zero-order valence-electron chi connectivity index (χ0n) is 17.0. The molecule has 1 aromatic heterocycles. The van der Waals surface area contributed by atoms with Crippen LogP contribution < -0.4 is 0 Å². The van der Waals surface area contributed by atoms with Gasteiger partial charge in [0.15, 0.2) is 0 Å². The molecule has 0 radical (unpaired) electrons. The average molecular weight is 410 g/mol. The lowest BCUT2D eigenvalue weighted by Gasteiger charge is -2.32. The third-order valence-corrected chi connectivity index (χ3v) is 5.99. The molecule has 3 heterocycles. The minimum atomic E-state index is -0.574. The lowest BCUT2D eigenvalue weighted by Crippen LogP contribution is -2.50. The second-order valence-electron chi connectivity index (χ2n) is 7.89. The van der Waals surface area contributed by atoms with E-state index in [2.05, 4.69) is 0 Å². The van der Waals surface area contributed by atoms with E-state index in [9.17, 15) is 19.2 Å². The van der Waals surface area contributed by atoms with Crippen molar-refractivity contribution in [2.45, 2.75) is 25.8 Å². The Morgan fingerprint density at radius 1 is 0.867 bits per heavy atom. The quantitative estimate of drug-likeness (QED) is 0.420. The summed E-state index contributed by atoms with van der Waals surface area (Å²) in [6.45, 7) is 3.23. The van der Waals surface area contributed by atoms with Gasteiger partial charge in [-0.1, -0.05) is 18.2 Å². The number of hydrogen-bond donors (Lipinski definition) is 0. The van der Waals surface area contributed by atoms with Crippen LogP contribution in [0.1, 0.15) is 29.6 Å². The number of ketones is 1. The van der Waals surface area contributed by atoms with E-state index in [0.717, 1.165) is 44.3 Å². The van der Waals surface area contributed by atoms with Gasteiger partial charge in [-0.3, -0.25) is 19.2 Å². The van der Waals surface area contributed by atoms with E-state index >= 15 is 0 Å². The van der Waals surface area contributed by atoms with Crippen molar-refractivity contribution in [2.75, 3.05) is 39.3 Å². The molecule has 4 rings (SSSR count).